The number of piperidine rings is 1. The van der Waals surface area contributed by atoms with Crippen LogP contribution in [-0.2, 0) is 11.3 Å². The molecular formula is C17H21N3O2S. The van der Waals surface area contributed by atoms with Crippen molar-refractivity contribution in [2.24, 2.45) is 0 Å². The molecule has 0 bridgehead atoms. The standard InChI is InChI=1S/C17H21N3O2S/c1-2-6-18-15(3-1)22-14-11-17(21-13-14)4-8-20(9-5-17)12-16-19-7-10-23-16/h1-3,6-7,10,14H,4-5,8-9,11-13H2/t14-/m1/s1. The van der Waals surface area contributed by atoms with Gasteiger partial charge in [-0.3, -0.25) is 4.90 Å². The largest absolute Gasteiger partial charge is 0.472 e. The fourth-order valence-corrected chi connectivity index (χ4v) is 4.11. The third-order valence-corrected chi connectivity index (χ3v) is 5.47. The number of thiazole rings is 1. The number of pyridine rings is 1. The first-order valence-corrected chi connectivity index (χ1v) is 9.02. The third-order valence-electron chi connectivity index (χ3n) is 4.71. The maximum absolute atomic E-state index is 6.16. The predicted octanol–water partition coefficient (Wildman–Crippen LogP) is 2.74. The van der Waals surface area contributed by atoms with E-state index in [4.69, 9.17) is 9.47 Å². The molecule has 6 heteroatoms. The molecule has 4 heterocycles. The fourth-order valence-electron chi connectivity index (χ4n) is 3.46. The highest BCUT2D eigenvalue weighted by atomic mass is 32.1. The van der Waals surface area contributed by atoms with Crippen molar-refractivity contribution in [1.82, 2.24) is 14.9 Å². The summed E-state index contributed by atoms with van der Waals surface area (Å²) in [6.45, 7) is 3.76. The topological polar surface area (TPSA) is 47.5 Å². The molecule has 2 fully saturated rings. The Hall–Kier alpha value is -1.50. The number of rotatable bonds is 4. The lowest BCUT2D eigenvalue weighted by Crippen LogP contribution is -2.44. The van der Waals surface area contributed by atoms with Crippen LogP contribution in [0.25, 0.3) is 0 Å². The van der Waals surface area contributed by atoms with Crippen molar-refractivity contribution in [3.8, 4) is 5.88 Å². The molecule has 0 aromatic carbocycles. The van der Waals surface area contributed by atoms with Crippen molar-refractivity contribution >= 4 is 11.3 Å². The van der Waals surface area contributed by atoms with Crippen LogP contribution in [0.1, 0.15) is 24.3 Å². The summed E-state index contributed by atoms with van der Waals surface area (Å²) in [5.41, 5.74) is -0.00117. The Bertz CT molecular complexity index is 612. The van der Waals surface area contributed by atoms with Gasteiger partial charge >= 0.3 is 0 Å². The van der Waals surface area contributed by atoms with Crippen molar-refractivity contribution in [2.75, 3.05) is 19.7 Å². The van der Waals surface area contributed by atoms with E-state index in [9.17, 15) is 0 Å². The van der Waals surface area contributed by atoms with Gasteiger partial charge < -0.3 is 9.47 Å². The molecule has 0 saturated carbocycles. The van der Waals surface area contributed by atoms with Crippen molar-refractivity contribution < 1.29 is 9.47 Å². The van der Waals surface area contributed by atoms with Gasteiger partial charge in [-0.05, 0) is 18.9 Å². The highest BCUT2D eigenvalue weighted by Crippen LogP contribution is 2.37. The molecule has 122 valence electrons. The van der Waals surface area contributed by atoms with Crippen molar-refractivity contribution in [3.63, 3.8) is 0 Å². The first-order chi connectivity index (χ1) is 11.3. The smallest absolute Gasteiger partial charge is 0.213 e. The molecule has 2 aliphatic rings. The van der Waals surface area contributed by atoms with E-state index in [2.05, 4.69) is 14.9 Å². The Kier molecular flexibility index (Phi) is 4.29. The number of ether oxygens (including phenoxy) is 2. The monoisotopic (exact) mass is 331 g/mol. The van der Waals surface area contributed by atoms with Gasteiger partial charge in [-0.15, -0.1) is 11.3 Å². The first-order valence-electron chi connectivity index (χ1n) is 8.14. The second kappa shape index (κ2) is 6.55. The number of aromatic nitrogens is 2. The second-order valence-electron chi connectivity index (χ2n) is 6.31. The average molecular weight is 331 g/mol. The van der Waals surface area contributed by atoms with E-state index in [-0.39, 0.29) is 11.7 Å². The van der Waals surface area contributed by atoms with Crippen molar-refractivity contribution in [3.05, 3.63) is 41.0 Å². The van der Waals surface area contributed by atoms with Gasteiger partial charge in [0.1, 0.15) is 11.1 Å². The first kappa shape index (κ1) is 15.1. The molecule has 0 amide bonds. The van der Waals surface area contributed by atoms with Gasteiger partial charge in [-0.1, -0.05) is 6.07 Å². The highest BCUT2D eigenvalue weighted by Gasteiger charge is 2.43. The normalized spacial score (nSPS) is 24.1. The summed E-state index contributed by atoms with van der Waals surface area (Å²) in [6, 6.07) is 5.75. The Morgan fingerprint density at radius 1 is 1.26 bits per heavy atom. The number of likely N-dealkylation sites (tertiary alicyclic amines) is 1. The molecule has 2 aromatic rings. The molecular weight excluding hydrogens is 310 g/mol. The summed E-state index contributed by atoms with van der Waals surface area (Å²) >= 11 is 1.73. The number of hydrogen-bond acceptors (Lipinski definition) is 6. The molecule has 1 atom stereocenters. The molecule has 1 spiro atoms. The van der Waals surface area contributed by atoms with E-state index in [0.717, 1.165) is 38.9 Å². The van der Waals surface area contributed by atoms with Gasteiger partial charge in [0.15, 0.2) is 0 Å². The van der Waals surface area contributed by atoms with Crippen LogP contribution in [0.3, 0.4) is 0 Å². The zero-order valence-electron chi connectivity index (χ0n) is 13.1. The van der Waals surface area contributed by atoms with Crippen LogP contribution in [0.5, 0.6) is 5.88 Å². The maximum atomic E-state index is 6.16. The Balaban J connectivity index is 1.29. The van der Waals surface area contributed by atoms with Crippen LogP contribution >= 0.6 is 11.3 Å². The van der Waals surface area contributed by atoms with Gasteiger partial charge in [0.05, 0.1) is 18.8 Å². The van der Waals surface area contributed by atoms with E-state index in [1.165, 1.54) is 5.01 Å². The molecule has 23 heavy (non-hydrogen) atoms. The van der Waals surface area contributed by atoms with E-state index < -0.39 is 0 Å². The Morgan fingerprint density at radius 3 is 2.91 bits per heavy atom. The van der Waals surface area contributed by atoms with Gasteiger partial charge in [-0.25, -0.2) is 9.97 Å². The van der Waals surface area contributed by atoms with E-state index >= 15 is 0 Å². The predicted molar refractivity (Wildman–Crippen MR) is 88.6 cm³/mol. The lowest BCUT2D eigenvalue weighted by Gasteiger charge is -2.38. The van der Waals surface area contributed by atoms with Crippen LogP contribution in [-0.4, -0.2) is 46.3 Å². The quantitative estimate of drug-likeness (QED) is 0.862. The molecule has 4 rings (SSSR count). The molecule has 5 nitrogen and oxygen atoms in total. The molecule has 0 unspecified atom stereocenters. The highest BCUT2D eigenvalue weighted by molar-refractivity contribution is 7.09. The van der Waals surface area contributed by atoms with Crippen molar-refractivity contribution in [1.29, 1.82) is 0 Å². The summed E-state index contributed by atoms with van der Waals surface area (Å²) < 4.78 is 12.1. The summed E-state index contributed by atoms with van der Waals surface area (Å²) in [5, 5.41) is 3.24. The van der Waals surface area contributed by atoms with E-state index in [1.807, 2.05) is 29.8 Å². The zero-order valence-corrected chi connectivity index (χ0v) is 13.9. The molecule has 2 saturated heterocycles. The van der Waals surface area contributed by atoms with Gasteiger partial charge in [0.2, 0.25) is 5.88 Å². The SMILES string of the molecule is c1ccc(O[C@H]2COC3(CCN(Cc4nccs4)CC3)C2)nc1. The van der Waals surface area contributed by atoms with Gasteiger partial charge in [0.25, 0.3) is 0 Å². The summed E-state index contributed by atoms with van der Waals surface area (Å²) in [6.07, 6.45) is 6.87. The minimum Gasteiger partial charge on any atom is -0.472 e. The van der Waals surface area contributed by atoms with Crippen LogP contribution in [0, 0.1) is 0 Å². The van der Waals surface area contributed by atoms with Crippen LogP contribution < -0.4 is 4.74 Å². The Morgan fingerprint density at radius 2 is 2.17 bits per heavy atom. The molecule has 0 radical (unpaired) electrons. The van der Waals surface area contributed by atoms with E-state index in [1.54, 1.807) is 17.5 Å². The van der Waals surface area contributed by atoms with Crippen LogP contribution in [0.4, 0.5) is 0 Å². The zero-order chi connectivity index (χ0) is 15.5. The Labute approximate surface area is 140 Å². The summed E-state index contributed by atoms with van der Waals surface area (Å²) in [7, 11) is 0. The average Bonchev–Trinajstić information content (AvgIpc) is 3.22. The summed E-state index contributed by atoms with van der Waals surface area (Å²) in [4.78, 5) is 11.1. The van der Waals surface area contributed by atoms with Crippen LogP contribution in [0.15, 0.2) is 36.0 Å². The fraction of sp³-hybridized carbons (Fsp3) is 0.529. The number of nitrogens with zero attached hydrogens (tertiary/aromatic N) is 3. The lowest BCUT2D eigenvalue weighted by molar-refractivity contribution is -0.0455. The molecule has 0 aliphatic carbocycles. The minimum absolute atomic E-state index is 0.00117. The van der Waals surface area contributed by atoms with Crippen LogP contribution in [0.2, 0.25) is 0 Å². The van der Waals surface area contributed by atoms with Gasteiger partial charge in [-0.2, -0.15) is 0 Å². The lowest BCUT2D eigenvalue weighted by atomic mass is 9.88. The second-order valence-corrected chi connectivity index (χ2v) is 7.29. The number of hydrogen-bond donors (Lipinski definition) is 0. The van der Waals surface area contributed by atoms with Crippen molar-refractivity contribution in [2.45, 2.75) is 37.5 Å². The van der Waals surface area contributed by atoms with Gasteiger partial charge in [0, 0.05) is 43.4 Å². The molecule has 0 N–H and O–H groups in total. The summed E-state index contributed by atoms with van der Waals surface area (Å²) in [5.74, 6) is 0.694. The molecule has 2 aromatic heterocycles. The minimum atomic E-state index is -0.00117. The molecule has 2 aliphatic heterocycles. The third kappa shape index (κ3) is 3.54. The van der Waals surface area contributed by atoms with E-state index in [0.29, 0.717) is 12.5 Å². The maximum Gasteiger partial charge on any atom is 0.213 e.